The Balaban J connectivity index is 1.79. The fourth-order valence-corrected chi connectivity index (χ4v) is 3.09. The summed E-state index contributed by atoms with van der Waals surface area (Å²) < 4.78 is 18.7. The molecule has 98 valence electrons. The van der Waals surface area contributed by atoms with E-state index in [1.54, 1.807) is 23.9 Å². The molecule has 1 N–H and O–H groups in total. The predicted octanol–water partition coefficient (Wildman–Crippen LogP) is 3.41. The number of thioether (sulfide) groups is 1. The summed E-state index contributed by atoms with van der Waals surface area (Å²) in [6, 6.07) is 13.7. The Bertz CT molecular complexity index is 571. The molecule has 3 rings (SSSR count). The summed E-state index contributed by atoms with van der Waals surface area (Å²) in [6.07, 6.45) is -1.06. The third kappa shape index (κ3) is 2.60. The highest BCUT2D eigenvalue weighted by molar-refractivity contribution is 7.99. The Morgan fingerprint density at radius 2 is 1.89 bits per heavy atom. The lowest BCUT2D eigenvalue weighted by Gasteiger charge is -2.29. The Morgan fingerprint density at radius 3 is 2.68 bits per heavy atom. The molecular weight excluding hydrogens is 263 g/mol. The van der Waals surface area contributed by atoms with Gasteiger partial charge in [0.15, 0.2) is 0 Å². The lowest BCUT2D eigenvalue weighted by atomic mass is 10.1. The summed E-state index contributed by atoms with van der Waals surface area (Å²) in [5.74, 6) is 1.17. The summed E-state index contributed by atoms with van der Waals surface area (Å²) in [7, 11) is 0. The molecule has 0 radical (unpaired) electrons. The number of fused-ring (bicyclic) bond motifs is 1. The maximum absolute atomic E-state index is 12.9. The van der Waals surface area contributed by atoms with Gasteiger partial charge in [0.1, 0.15) is 23.8 Å². The first-order valence-electron chi connectivity index (χ1n) is 6.06. The molecule has 0 saturated heterocycles. The first-order valence-corrected chi connectivity index (χ1v) is 7.04. The van der Waals surface area contributed by atoms with Crippen LogP contribution in [0.5, 0.6) is 5.75 Å². The third-order valence-electron chi connectivity index (χ3n) is 3.09. The van der Waals surface area contributed by atoms with Gasteiger partial charge in [0.2, 0.25) is 0 Å². The second-order valence-electron chi connectivity index (χ2n) is 4.41. The van der Waals surface area contributed by atoms with Crippen molar-refractivity contribution < 1.29 is 14.2 Å². The van der Waals surface area contributed by atoms with Crippen molar-refractivity contribution in [1.29, 1.82) is 0 Å². The largest absolute Gasteiger partial charge is 0.485 e. The summed E-state index contributed by atoms with van der Waals surface area (Å²) in [4.78, 5) is 1.09. The van der Waals surface area contributed by atoms with Gasteiger partial charge in [-0.2, -0.15) is 0 Å². The van der Waals surface area contributed by atoms with E-state index >= 15 is 0 Å². The molecule has 1 heterocycles. The molecule has 0 saturated carbocycles. The molecule has 2 atom stereocenters. The van der Waals surface area contributed by atoms with Crippen LogP contribution in [0.4, 0.5) is 4.39 Å². The standard InChI is InChI=1S/C15H13FO2S/c16-11-7-5-10(6-8-11)15(17)13-9-19-14-4-2-1-3-12(14)18-13/h1-8,13,15,17H,9H2. The number of halogens is 1. The average molecular weight is 276 g/mol. The van der Waals surface area contributed by atoms with Crippen molar-refractivity contribution in [2.75, 3.05) is 5.75 Å². The minimum Gasteiger partial charge on any atom is -0.485 e. The summed E-state index contributed by atoms with van der Waals surface area (Å²) >= 11 is 1.66. The van der Waals surface area contributed by atoms with Crippen LogP contribution < -0.4 is 4.74 Å². The smallest absolute Gasteiger partial charge is 0.138 e. The number of ether oxygens (including phenoxy) is 1. The molecule has 0 bridgehead atoms. The molecule has 0 spiro atoms. The van der Waals surface area contributed by atoms with Gasteiger partial charge in [0, 0.05) is 10.6 Å². The maximum Gasteiger partial charge on any atom is 0.138 e. The van der Waals surface area contributed by atoms with E-state index in [2.05, 4.69) is 0 Å². The van der Waals surface area contributed by atoms with Gasteiger partial charge in [-0.05, 0) is 29.8 Å². The number of aliphatic hydroxyl groups excluding tert-OH is 1. The lowest BCUT2D eigenvalue weighted by molar-refractivity contribution is 0.0457. The van der Waals surface area contributed by atoms with Crippen molar-refractivity contribution in [3.05, 3.63) is 59.9 Å². The Labute approximate surface area is 115 Å². The molecule has 0 aliphatic carbocycles. The van der Waals surface area contributed by atoms with Gasteiger partial charge < -0.3 is 9.84 Å². The first kappa shape index (κ1) is 12.5. The van der Waals surface area contributed by atoms with Crippen LogP contribution in [-0.4, -0.2) is 17.0 Å². The topological polar surface area (TPSA) is 29.5 Å². The summed E-state index contributed by atoms with van der Waals surface area (Å²) in [6.45, 7) is 0. The van der Waals surface area contributed by atoms with E-state index in [1.165, 1.54) is 12.1 Å². The van der Waals surface area contributed by atoms with Crippen molar-refractivity contribution in [3.63, 3.8) is 0 Å². The van der Waals surface area contributed by atoms with Crippen LogP contribution in [0.2, 0.25) is 0 Å². The number of para-hydroxylation sites is 1. The normalized spacial score (nSPS) is 19.4. The Kier molecular flexibility index (Phi) is 3.44. The number of hydrogen-bond donors (Lipinski definition) is 1. The quantitative estimate of drug-likeness (QED) is 0.911. The number of benzene rings is 2. The van der Waals surface area contributed by atoms with Gasteiger partial charge in [-0.25, -0.2) is 4.39 Å². The van der Waals surface area contributed by atoms with Crippen LogP contribution in [0, 0.1) is 5.82 Å². The van der Waals surface area contributed by atoms with Gasteiger partial charge in [-0.15, -0.1) is 11.8 Å². The molecular formula is C15H13FO2S. The highest BCUT2D eigenvalue weighted by atomic mass is 32.2. The fourth-order valence-electron chi connectivity index (χ4n) is 2.07. The molecule has 0 aromatic heterocycles. The SMILES string of the molecule is OC(c1ccc(F)cc1)C1CSc2ccccc2O1. The van der Waals surface area contributed by atoms with Crippen molar-refractivity contribution in [2.45, 2.75) is 17.1 Å². The molecule has 4 heteroatoms. The second-order valence-corrected chi connectivity index (χ2v) is 5.47. The average Bonchev–Trinajstić information content (AvgIpc) is 2.47. The van der Waals surface area contributed by atoms with E-state index in [0.717, 1.165) is 10.6 Å². The van der Waals surface area contributed by atoms with Gasteiger partial charge >= 0.3 is 0 Å². The molecule has 1 aliphatic rings. The molecule has 2 nitrogen and oxygen atoms in total. The zero-order chi connectivity index (χ0) is 13.2. The van der Waals surface area contributed by atoms with Crippen LogP contribution in [0.3, 0.4) is 0 Å². The minimum atomic E-state index is -0.749. The van der Waals surface area contributed by atoms with E-state index in [9.17, 15) is 9.50 Å². The van der Waals surface area contributed by atoms with Crippen molar-refractivity contribution in [3.8, 4) is 5.75 Å². The minimum absolute atomic E-state index is 0.305. The van der Waals surface area contributed by atoms with Crippen molar-refractivity contribution in [2.24, 2.45) is 0 Å². The van der Waals surface area contributed by atoms with Crippen LogP contribution >= 0.6 is 11.8 Å². The van der Waals surface area contributed by atoms with E-state index < -0.39 is 6.10 Å². The van der Waals surface area contributed by atoms with Crippen molar-refractivity contribution in [1.82, 2.24) is 0 Å². The van der Waals surface area contributed by atoms with E-state index in [0.29, 0.717) is 11.3 Å². The molecule has 19 heavy (non-hydrogen) atoms. The van der Waals surface area contributed by atoms with Crippen LogP contribution in [0.15, 0.2) is 53.4 Å². The maximum atomic E-state index is 12.9. The number of rotatable bonds is 2. The predicted molar refractivity (Wildman–Crippen MR) is 72.9 cm³/mol. The first-order chi connectivity index (χ1) is 9.24. The summed E-state index contributed by atoms with van der Waals surface area (Å²) in [5, 5.41) is 10.3. The molecule has 0 amide bonds. The Morgan fingerprint density at radius 1 is 1.16 bits per heavy atom. The van der Waals surface area contributed by atoms with Crippen LogP contribution in [0.1, 0.15) is 11.7 Å². The Hall–Kier alpha value is -1.52. The lowest BCUT2D eigenvalue weighted by Crippen LogP contribution is -2.30. The zero-order valence-electron chi connectivity index (χ0n) is 10.1. The van der Waals surface area contributed by atoms with Gasteiger partial charge in [0.25, 0.3) is 0 Å². The van der Waals surface area contributed by atoms with E-state index in [4.69, 9.17) is 4.74 Å². The second kappa shape index (κ2) is 5.23. The molecule has 0 fully saturated rings. The zero-order valence-corrected chi connectivity index (χ0v) is 10.9. The van der Waals surface area contributed by atoms with Crippen LogP contribution in [-0.2, 0) is 0 Å². The molecule has 2 aromatic carbocycles. The molecule has 2 aromatic rings. The monoisotopic (exact) mass is 276 g/mol. The van der Waals surface area contributed by atoms with Gasteiger partial charge in [0.05, 0.1) is 0 Å². The number of aliphatic hydroxyl groups is 1. The molecule has 1 aliphatic heterocycles. The van der Waals surface area contributed by atoms with Gasteiger partial charge in [-0.3, -0.25) is 0 Å². The highest BCUT2D eigenvalue weighted by Crippen LogP contribution is 2.38. The number of hydrogen-bond acceptors (Lipinski definition) is 3. The fraction of sp³-hybridized carbons (Fsp3) is 0.200. The summed E-state index contributed by atoms with van der Waals surface area (Å²) in [5.41, 5.74) is 0.673. The third-order valence-corrected chi connectivity index (χ3v) is 4.24. The van der Waals surface area contributed by atoms with E-state index in [-0.39, 0.29) is 11.9 Å². The van der Waals surface area contributed by atoms with Gasteiger partial charge in [-0.1, -0.05) is 24.3 Å². The molecule has 2 unspecified atom stereocenters. The van der Waals surface area contributed by atoms with Crippen LogP contribution in [0.25, 0.3) is 0 Å². The van der Waals surface area contributed by atoms with E-state index in [1.807, 2.05) is 24.3 Å². The highest BCUT2D eigenvalue weighted by Gasteiger charge is 2.27. The van der Waals surface area contributed by atoms with Crippen molar-refractivity contribution >= 4 is 11.8 Å².